The van der Waals surface area contributed by atoms with Crippen molar-refractivity contribution in [1.82, 2.24) is 10.2 Å². The summed E-state index contributed by atoms with van der Waals surface area (Å²) in [7, 11) is 2.00. The van der Waals surface area contributed by atoms with Crippen LogP contribution in [-0.4, -0.2) is 30.6 Å². The molecule has 0 saturated carbocycles. The maximum absolute atomic E-state index is 13.4. The molecule has 30 heavy (non-hydrogen) atoms. The highest BCUT2D eigenvalue weighted by Gasteiger charge is 2.52. The topological polar surface area (TPSA) is 67.0 Å². The Morgan fingerprint density at radius 2 is 1.73 bits per heavy atom. The minimum atomic E-state index is -0.991. The van der Waals surface area contributed by atoms with Gasteiger partial charge in [-0.05, 0) is 18.1 Å². The molecule has 6 heteroatoms. The minimum absolute atomic E-state index is 0.187. The molecule has 3 aromatic rings. The van der Waals surface area contributed by atoms with Crippen molar-refractivity contribution in [2.45, 2.75) is 38.8 Å². The van der Waals surface area contributed by atoms with Crippen LogP contribution in [-0.2, 0) is 23.3 Å². The van der Waals surface area contributed by atoms with E-state index in [1.165, 1.54) is 4.90 Å². The van der Waals surface area contributed by atoms with E-state index in [-0.39, 0.29) is 11.9 Å². The molecule has 1 unspecified atom stereocenters. The van der Waals surface area contributed by atoms with Crippen molar-refractivity contribution in [3.05, 3.63) is 71.5 Å². The van der Waals surface area contributed by atoms with E-state index < -0.39 is 5.54 Å². The van der Waals surface area contributed by atoms with Crippen molar-refractivity contribution < 1.29 is 18.9 Å². The summed E-state index contributed by atoms with van der Waals surface area (Å²) >= 11 is 0. The molecule has 4 rings (SSSR count). The van der Waals surface area contributed by atoms with Crippen LogP contribution in [0.25, 0.3) is 11.0 Å². The normalized spacial score (nSPS) is 20.0. The zero-order valence-electron chi connectivity index (χ0n) is 17.7. The summed E-state index contributed by atoms with van der Waals surface area (Å²) in [6.07, 6.45) is 1.30. The number of hydrogen-bond acceptors (Lipinski definition) is 3. The summed E-state index contributed by atoms with van der Waals surface area (Å²) in [6, 6.07) is 17.1. The number of benzene rings is 2. The van der Waals surface area contributed by atoms with Crippen LogP contribution in [0.1, 0.15) is 37.2 Å². The van der Waals surface area contributed by atoms with Crippen molar-refractivity contribution >= 4 is 22.9 Å². The third-order valence-corrected chi connectivity index (χ3v) is 5.98. The number of fused-ring (bicyclic) bond motifs is 1. The molecule has 1 aliphatic heterocycles. The maximum atomic E-state index is 13.4. The summed E-state index contributed by atoms with van der Waals surface area (Å²) in [5, 5.41) is 4.05. The molecule has 0 aliphatic carbocycles. The van der Waals surface area contributed by atoms with Gasteiger partial charge in [-0.1, -0.05) is 62.4 Å². The van der Waals surface area contributed by atoms with E-state index in [1.54, 1.807) is 0 Å². The molecule has 1 saturated heterocycles. The van der Waals surface area contributed by atoms with Gasteiger partial charge in [-0.25, -0.2) is 9.69 Å². The SMILES string of the molecule is CCc1oc2ccccc2c1C[NH+](C)CN1C(=O)N[C@@](CC)(c2ccccc2)C1=O. The number of rotatable bonds is 7. The summed E-state index contributed by atoms with van der Waals surface area (Å²) in [5.41, 5.74) is 1.85. The second-order valence-electron chi connectivity index (χ2n) is 7.93. The van der Waals surface area contributed by atoms with Crippen LogP contribution in [0.2, 0.25) is 0 Å². The van der Waals surface area contributed by atoms with Gasteiger partial charge in [0.15, 0.2) is 6.67 Å². The van der Waals surface area contributed by atoms with Crippen molar-refractivity contribution in [2.24, 2.45) is 0 Å². The van der Waals surface area contributed by atoms with E-state index in [0.717, 1.165) is 39.2 Å². The van der Waals surface area contributed by atoms with Crippen LogP contribution in [0, 0.1) is 0 Å². The molecule has 0 spiro atoms. The number of nitrogens with zero attached hydrogens (tertiary/aromatic N) is 1. The van der Waals surface area contributed by atoms with Crippen LogP contribution in [0.15, 0.2) is 59.0 Å². The van der Waals surface area contributed by atoms with Crippen LogP contribution in [0.4, 0.5) is 4.79 Å². The molecule has 0 radical (unpaired) electrons. The zero-order valence-corrected chi connectivity index (χ0v) is 17.7. The lowest BCUT2D eigenvalue weighted by molar-refractivity contribution is -0.901. The number of amides is 3. The fourth-order valence-electron chi connectivity index (χ4n) is 4.39. The molecule has 2 heterocycles. The molecule has 2 atom stereocenters. The van der Waals surface area contributed by atoms with Gasteiger partial charge in [0.2, 0.25) is 0 Å². The molecule has 2 aromatic carbocycles. The summed E-state index contributed by atoms with van der Waals surface area (Å²) < 4.78 is 6.00. The third-order valence-electron chi connectivity index (χ3n) is 5.98. The standard InChI is InChI=1S/C24H27N3O3/c1-4-20-19(18-13-9-10-14-21(18)30-20)15-26(3)16-27-22(28)24(5-2,25-23(27)29)17-11-7-6-8-12-17/h6-14H,4-5,15-16H2,1-3H3,(H,25,29)/p+1/t24-/m0/s1. The number of quaternary nitrogens is 1. The second kappa shape index (κ2) is 7.95. The van der Waals surface area contributed by atoms with Gasteiger partial charge in [0.05, 0.1) is 12.6 Å². The molecule has 3 amide bonds. The molecular weight excluding hydrogens is 378 g/mol. The van der Waals surface area contributed by atoms with E-state index in [0.29, 0.717) is 19.6 Å². The van der Waals surface area contributed by atoms with Gasteiger partial charge < -0.3 is 14.6 Å². The number of furan rings is 1. The van der Waals surface area contributed by atoms with E-state index in [2.05, 4.69) is 18.3 Å². The number of nitrogens with one attached hydrogen (secondary N) is 2. The van der Waals surface area contributed by atoms with Crippen LogP contribution >= 0.6 is 0 Å². The minimum Gasteiger partial charge on any atom is -0.461 e. The Labute approximate surface area is 176 Å². The first-order valence-electron chi connectivity index (χ1n) is 10.5. The Balaban J connectivity index is 1.56. The fourth-order valence-corrected chi connectivity index (χ4v) is 4.39. The number of hydrogen-bond donors (Lipinski definition) is 2. The average Bonchev–Trinajstić information content (AvgIpc) is 3.24. The fraction of sp³-hybridized carbons (Fsp3) is 0.333. The number of carbonyl (C=O) groups is 2. The first kappa shape index (κ1) is 20.2. The molecule has 0 bridgehead atoms. The Hall–Kier alpha value is -3.12. The van der Waals surface area contributed by atoms with Gasteiger partial charge in [-0.2, -0.15) is 0 Å². The molecule has 156 valence electrons. The highest BCUT2D eigenvalue weighted by molar-refractivity contribution is 6.07. The molecule has 1 fully saturated rings. The summed E-state index contributed by atoms with van der Waals surface area (Å²) in [6.45, 7) is 4.96. The van der Waals surface area contributed by atoms with Crippen LogP contribution in [0.3, 0.4) is 0 Å². The third kappa shape index (κ3) is 3.27. The first-order valence-corrected chi connectivity index (χ1v) is 10.5. The van der Waals surface area contributed by atoms with Gasteiger partial charge in [0, 0.05) is 11.8 Å². The Morgan fingerprint density at radius 1 is 1.03 bits per heavy atom. The van der Waals surface area contributed by atoms with Crippen LogP contribution < -0.4 is 10.2 Å². The number of imide groups is 1. The highest BCUT2D eigenvalue weighted by Crippen LogP contribution is 2.32. The lowest BCUT2D eigenvalue weighted by Crippen LogP contribution is -3.09. The smallest absolute Gasteiger partial charge is 0.329 e. The van der Waals surface area contributed by atoms with Crippen LogP contribution in [0.5, 0.6) is 0 Å². The van der Waals surface area contributed by atoms with Crippen molar-refractivity contribution in [3.8, 4) is 0 Å². The zero-order chi connectivity index (χ0) is 21.3. The lowest BCUT2D eigenvalue weighted by atomic mass is 9.87. The van der Waals surface area contributed by atoms with E-state index >= 15 is 0 Å². The molecule has 6 nitrogen and oxygen atoms in total. The molecule has 1 aliphatic rings. The van der Waals surface area contributed by atoms with E-state index in [1.807, 2.05) is 62.5 Å². The van der Waals surface area contributed by atoms with E-state index in [9.17, 15) is 9.59 Å². The predicted octanol–water partition coefficient (Wildman–Crippen LogP) is 2.82. The second-order valence-corrected chi connectivity index (χ2v) is 7.93. The number of para-hydroxylation sites is 1. The summed E-state index contributed by atoms with van der Waals surface area (Å²) in [4.78, 5) is 28.5. The van der Waals surface area contributed by atoms with Gasteiger partial charge >= 0.3 is 6.03 Å². The Bertz CT molecular complexity index is 1080. The maximum Gasteiger partial charge on any atom is 0.329 e. The Kier molecular flexibility index (Phi) is 5.35. The largest absolute Gasteiger partial charge is 0.461 e. The van der Waals surface area contributed by atoms with Gasteiger partial charge in [-0.3, -0.25) is 4.79 Å². The average molecular weight is 407 g/mol. The summed E-state index contributed by atoms with van der Waals surface area (Å²) in [5.74, 6) is 0.772. The van der Waals surface area contributed by atoms with E-state index in [4.69, 9.17) is 4.42 Å². The number of aryl methyl sites for hydroxylation is 1. The molecule has 1 aromatic heterocycles. The Morgan fingerprint density at radius 3 is 2.43 bits per heavy atom. The monoisotopic (exact) mass is 406 g/mol. The number of urea groups is 1. The lowest BCUT2D eigenvalue weighted by Gasteiger charge is -2.26. The van der Waals surface area contributed by atoms with Gasteiger partial charge in [-0.15, -0.1) is 0 Å². The highest BCUT2D eigenvalue weighted by atomic mass is 16.3. The van der Waals surface area contributed by atoms with Crippen molar-refractivity contribution in [1.29, 1.82) is 0 Å². The van der Waals surface area contributed by atoms with Gasteiger partial charge in [0.25, 0.3) is 5.91 Å². The number of carbonyl (C=O) groups excluding carboxylic acids is 2. The van der Waals surface area contributed by atoms with Crippen molar-refractivity contribution in [2.75, 3.05) is 13.7 Å². The first-order chi connectivity index (χ1) is 14.5. The predicted molar refractivity (Wildman–Crippen MR) is 115 cm³/mol. The molecular formula is C24H28N3O3+. The van der Waals surface area contributed by atoms with Crippen molar-refractivity contribution in [3.63, 3.8) is 0 Å². The molecule has 2 N–H and O–H groups in total. The quantitative estimate of drug-likeness (QED) is 0.593. The van der Waals surface area contributed by atoms with Gasteiger partial charge in [0.1, 0.15) is 23.4 Å².